The Morgan fingerprint density at radius 1 is 1.30 bits per heavy atom. The zero-order valence-electron chi connectivity index (χ0n) is 12.2. The fourth-order valence-corrected chi connectivity index (χ4v) is 2.83. The van der Waals surface area contributed by atoms with Gasteiger partial charge in [-0.3, -0.25) is 10.1 Å². The molecule has 0 unspecified atom stereocenters. The van der Waals surface area contributed by atoms with Crippen molar-refractivity contribution in [2.75, 3.05) is 11.9 Å². The number of nitrogens with one attached hydrogen (secondary N) is 1. The molecule has 0 bridgehead atoms. The lowest BCUT2D eigenvalue weighted by molar-refractivity contribution is -0.118. The number of benzene rings is 1. The minimum atomic E-state index is -0.260. The van der Waals surface area contributed by atoms with Crippen LogP contribution in [-0.2, 0) is 4.79 Å². The molecule has 23 heavy (non-hydrogen) atoms. The third-order valence-electron chi connectivity index (χ3n) is 2.93. The van der Waals surface area contributed by atoms with Crippen LogP contribution in [0.5, 0.6) is 5.75 Å². The zero-order chi connectivity index (χ0) is 16.2. The Kier molecular flexibility index (Phi) is 4.78. The van der Waals surface area contributed by atoms with Crippen LogP contribution in [0.3, 0.4) is 0 Å². The maximum atomic E-state index is 11.9. The molecule has 2 heterocycles. The lowest BCUT2D eigenvalue weighted by Gasteiger charge is -2.05. The van der Waals surface area contributed by atoms with Crippen molar-refractivity contribution >= 4 is 38.3 Å². The molecule has 0 spiro atoms. The van der Waals surface area contributed by atoms with Crippen molar-refractivity contribution in [3.05, 3.63) is 52.0 Å². The van der Waals surface area contributed by atoms with E-state index < -0.39 is 0 Å². The number of aromatic nitrogens is 1. The predicted molar refractivity (Wildman–Crippen MR) is 92.8 cm³/mol. The average Bonchev–Trinajstić information content (AvgIpc) is 3.16. The molecule has 0 aliphatic heterocycles. The van der Waals surface area contributed by atoms with Gasteiger partial charge in [0.2, 0.25) is 0 Å². The number of carbonyl (C=O) groups excluding carboxylic acids is 1. The molecule has 118 valence electrons. The summed E-state index contributed by atoms with van der Waals surface area (Å²) in [6, 6.07) is 11.0. The third-order valence-corrected chi connectivity index (χ3v) is 4.21. The molecular weight excluding hydrogens is 380 g/mol. The SMILES string of the molecule is Cc1ccc(-c2csc(NC(=O)COc3ccc(Br)cc3)n2)o1. The largest absolute Gasteiger partial charge is 0.484 e. The lowest BCUT2D eigenvalue weighted by Crippen LogP contribution is -2.20. The Balaban J connectivity index is 1.56. The highest BCUT2D eigenvalue weighted by Crippen LogP contribution is 2.26. The van der Waals surface area contributed by atoms with E-state index in [0.29, 0.717) is 22.3 Å². The van der Waals surface area contributed by atoms with Gasteiger partial charge in [-0.25, -0.2) is 4.98 Å². The molecule has 2 aromatic heterocycles. The average molecular weight is 393 g/mol. The maximum Gasteiger partial charge on any atom is 0.264 e. The van der Waals surface area contributed by atoms with Crippen LogP contribution in [0.15, 0.2) is 50.7 Å². The molecule has 5 nitrogen and oxygen atoms in total. The second-order valence-corrected chi connectivity index (χ2v) is 6.51. The van der Waals surface area contributed by atoms with Crippen LogP contribution < -0.4 is 10.1 Å². The van der Waals surface area contributed by atoms with E-state index in [0.717, 1.165) is 10.2 Å². The molecule has 0 saturated carbocycles. The van der Waals surface area contributed by atoms with Crippen LogP contribution >= 0.6 is 27.3 Å². The highest BCUT2D eigenvalue weighted by molar-refractivity contribution is 9.10. The fraction of sp³-hybridized carbons (Fsp3) is 0.125. The van der Waals surface area contributed by atoms with Crippen molar-refractivity contribution in [2.45, 2.75) is 6.92 Å². The number of anilines is 1. The molecule has 0 aliphatic carbocycles. The summed E-state index contributed by atoms with van der Waals surface area (Å²) in [4.78, 5) is 16.2. The van der Waals surface area contributed by atoms with E-state index in [9.17, 15) is 4.79 Å². The van der Waals surface area contributed by atoms with Crippen molar-refractivity contribution in [1.29, 1.82) is 0 Å². The molecular formula is C16H13BrN2O3S. The van der Waals surface area contributed by atoms with E-state index in [1.807, 2.05) is 36.6 Å². The van der Waals surface area contributed by atoms with Crippen molar-refractivity contribution in [3.8, 4) is 17.2 Å². The molecule has 3 rings (SSSR count). The normalized spacial score (nSPS) is 10.5. The number of furan rings is 1. The van der Waals surface area contributed by atoms with Crippen molar-refractivity contribution in [2.24, 2.45) is 0 Å². The van der Waals surface area contributed by atoms with Crippen LogP contribution in [0.2, 0.25) is 0 Å². The zero-order valence-corrected chi connectivity index (χ0v) is 14.6. The number of carbonyl (C=O) groups is 1. The highest BCUT2D eigenvalue weighted by Gasteiger charge is 2.10. The number of hydrogen-bond donors (Lipinski definition) is 1. The molecule has 0 saturated heterocycles. The molecule has 0 radical (unpaired) electrons. The van der Waals surface area contributed by atoms with Gasteiger partial charge in [0, 0.05) is 9.85 Å². The van der Waals surface area contributed by atoms with E-state index >= 15 is 0 Å². The first-order chi connectivity index (χ1) is 11.1. The van der Waals surface area contributed by atoms with Crippen LogP contribution in [-0.4, -0.2) is 17.5 Å². The number of ether oxygens (including phenoxy) is 1. The quantitative estimate of drug-likeness (QED) is 0.694. The number of aryl methyl sites for hydroxylation is 1. The fourth-order valence-electron chi connectivity index (χ4n) is 1.85. The topological polar surface area (TPSA) is 64.4 Å². The van der Waals surface area contributed by atoms with Crippen molar-refractivity contribution in [1.82, 2.24) is 4.98 Å². The van der Waals surface area contributed by atoms with Crippen molar-refractivity contribution in [3.63, 3.8) is 0 Å². The lowest BCUT2D eigenvalue weighted by atomic mass is 10.3. The van der Waals surface area contributed by atoms with E-state index in [-0.39, 0.29) is 12.5 Å². The Bertz CT molecular complexity index is 811. The van der Waals surface area contributed by atoms with Crippen LogP contribution in [0.25, 0.3) is 11.5 Å². The number of amides is 1. The third kappa shape index (κ3) is 4.20. The molecule has 1 aromatic carbocycles. The summed E-state index contributed by atoms with van der Waals surface area (Å²) in [5, 5.41) is 5.06. The smallest absolute Gasteiger partial charge is 0.264 e. The number of hydrogen-bond acceptors (Lipinski definition) is 5. The van der Waals surface area contributed by atoms with Crippen molar-refractivity contribution < 1.29 is 13.9 Å². The second kappa shape index (κ2) is 6.97. The molecule has 3 aromatic rings. The first-order valence-electron chi connectivity index (χ1n) is 6.81. The van der Waals surface area contributed by atoms with Gasteiger partial charge < -0.3 is 9.15 Å². The monoisotopic (exact) mass is 392 g/mol. The summed E-state index contributed by atoms with van der Waals surface area (Å²) in [5.41, 5.74) is 0.701. The Morgan fingerprint density at radius 2 is 2.09 bits per heavy atom. The minimum absolute atomic E-state index is 0.0730. The molecule has 1 N–H and O–H groups in total. The van der Waals surface area contributed by atoms with Gasteiger partial charge >= 0.3 is 0 Å². The van der Waals surface area contributed by atoms with Gasteiger partial charge in [-0.15, -0.1) is 11.3 Å². The maximum absolute atomic E-state index is 11.9. The molecule has 0 aliphatic rings. The predicted octanol–water partition coefficient (Wildman–Crippen LogP) is 4.49. The van der Waals surface area contributed by atoms with Gasteiger partial charge in [0.1, 0.15) is 17.2 Å². The van der Waals surface area contributed by atoms with Gasteiger partial charge in [-0.05, 0) is 43.3 Å². The van der Waals surface area contributed by atoms with E-state index in [1.165, 1.54) is 11.3 Å². The summed E-state index contributed by atoms with van der Waals surface area (Å²) < 4.78 is 11.9. The van der Waals surface area contributed by atoms with E-state index in [1.54, 1.807) is 12.1 Å². The summed E-state index contributed by atoms with van der Waals surface area (Å²) in [6.45, 7) is 1.80. The first-order valence-corrected chi connectivity index (χ1v) is 8.48. The van der Waals surface area contributed by atoms with Crippen LogP contribution in [0.1, 0.15) is 5.76 Å². The Hall–Kier alpha value is -2.12. The Morgan fingerprint density at radius 3 is 2.78 bits per heavy atom. The summed E-state index contributed by atoms with van der Waals surface area (Å²) in [5.74, 6) is 1.88. The molecule has 1 amide bonds. The molecule has 0 fully saturated rings. The van der Waals surface area contributed by atoms with Gasteiger partial charge in [0.05, 0.1) is 0 Å². The summed E-state index contributed by atoms with van der Waals surface area (Å²) in [6.07, 6.45) is 0. The number of nitrogens with zero attached hydrogens (tertiary/aromatic N) is 1. The molecule has 0 atom stereocenters. The van der Waals surface area contributed by atoms with E-state index in [4.69, 9.17) is 9.15 Å². The standard InChI is InChI=1S/C16H13BrN2O3S/c1-10-2-7-14(22-10)13-9-23-16(18-13)19-15(20)8-21-12-5-3-11(17)4-6-12/h2-7,9H,8H2,1H3,(H,18,19,20). The number of thiazole rings is 1. The van der Waals surface area contributed by atoms with Crippen LogP contribution in [0, 0.1) is 6.92 Å². The number of halogens is 1. The van der Waals surface area contributed by atoms with Crippen LogP contribution in [0.4, 0.5) is 5.13 Å². The summed E-state index contributed by atoms with van der Waals surface area (Å²) in [7, 11) is 0. The van der Waals surface area contributed by atoms with Gasteiger partial charge in [0.25, 0.3) is 5.91 Å². The van der Waals surface area contributed by atoms with Gasteiger partial charge in [-0.1, -0.05) is 15.9 Å². The first kappa shape index (κ1) is 15.8. The second-order valence-electron chi connectivity index (χ2n) is 4.74. The van der Waals surface area contributed by atoms with Gasteiger partial charge in [0.15, 0.2) is 17.5 Å². The highest BCUT2D eigenvalue weighted by atomic mass is 79.9. The minimum Gasteiger partial charge on any atom is -0.484 e. The van der Waals surface area contributed by atoms with Gasteiger partial charge in [-0.2, -0.15) is 0 Å². The summed E-state index contributed by atoms with van der Waals surface area (Å²) >= 11 is 4.68. The number of rotatable bonds is 5. The van der Waals surface area contributed by atoms with E-state index in [2.05, 4.69) is 26.2 Å². The molecule has 7 heteroatoms. The Labute approximate surface area is 145 Å².